The standard InChI is InChI=1S/C8H13N5/c9-13-6-2-1-3-8(13)7-4-5-10-12-11-7/h4-5,8H,1-3,6,9H2. The molecule has 2 rings (SSSR count). The van der Waals surface area contributed by atoms with Crippen molar-refractivity contribution in [3.05, 3.63) is 18.0 Å². The Morgan fingerprint density at radius 2 is 2.38 bits per heavy atom. The third-order valence-corrected chi connectivity index (χ3v) is 2.41. The summed E-state index contributed by atoms with van der Waals surface area (Å²) in [6, 6.07) is 2.10. The summed E-state index contributed by atoms with van der Waals surface area (Å²) in [5.41, 5.74) is 0.928. The molecule has 1 aliphatic heterocycles. The molecule has 0 amide bonds. The van der Waals surface area contributed by atoms with Gasteiger partial charge in [-0.2, -0.15) is 0 Å². The predicted octanol–water partition coefficient (Wildman–Crippen LogP) is 0.272. The normalized spacial score (nSPS) is 24.5. The number of hydrogen-bond acceptors (Lipinski definition) is 5. The Balaban J connectivity index is 2.15. The van der Waals surface area contributed by atoms with Crippen LogP contribution in [0, 0.1) is 0 Å². The van der Waals surface area contributed by atoms with E-state index in [1.807, 2.05) is 11.1 Å². The Bertz CT molecular complexity index is 262. The lowest BCUT2D eigenvalue weighted by atomic mass is 10.0. The summed E-state index contributed by atoms with van der Waals surface area (Å²) in [6.45, 7) is 0.939. The summed E-state index contributed by atoms with van der Waals surface area (Å²) in [5, 5.41) is 13.1. The van der Waals surface area contributed by atoms with Gasteiger partial charge in [0.1, 0.15) is 0 Å². The first-order chi connectivity index (χ1) is 6.38. The highest BCUT2D eigenvalue weighted by molar-refractivity contribution is 5.03. The molecule has 2 N–H and O–H groups in total. The molecule has 2 heterocycles. The number of hydrogen-bond donors (Lipinski definition) is 1. The van der Waals surface area contributed by atoms with E-state index in [4.69, 9.17) is 5.84 Å². The molecule has 1 aliphatic rings. The Morgan fingerprint density at radius 1 is 1.46 bits per heavy atom. The number of piperidine rings is 1. The fourth-order valence-corrected chi connectivity index (χ4v) is 1.70. The van der Waals surface area contributed by atoms with Gasteiger partial charge in [0, 0.05) is 6.54 Å². The van der Waals surface area contributed by atoms with Crippen molar-refractivity contribution in [2.75, 3.05) is 6.54 Å². The molecule has 1 aromatic heterocycles. The summed E-state index contributed by atoms with van der Waals surface area (Å²) < 4.78 is 0. The second-order valence-electron chi connectivity index (χ2n) is 3.29. The topological polar surface area (TPSA) is 67.9 Å². The van der Waals surface area contributed by atoms with Crippen LogP contribution in [-0.2, 0) is 0 Å². The molecular formula is C8H13N5. The van der Waals surface area contributed by atoms with Crippen LogP contribution in [0.2, 0.25) is 0 Å². The van der Waals surface area contributed by atoms with Gasteiger partial charge in [-0.25, -0.2) is 5.01 Å². The Hall–Kier alpha value is -1.07. The molecule has 5 nitrogen and oxygen atoms in total. The first-order valence-electron chi connectivity index (χ1n) is 4.53. The first-order valence-corrected chi connectivity index (χ1v) is 4.53. The third kappa shape index (κ3) is 1.81. The van der Waals surface area contributed by atoms with E-state index in [2.05, 4.69) is 15.4 Å². The highest BCUT2D eigenvalue weighted by atomic mass is 15.4. The lowest BCUT2D eigenvalue weighted by Crippen LogP contribution is -2.39. The van der Waals surface area contributed by atoms with Crippen LogP contribution in [0.5, 0.6) is 0 Å². The average molecular weight is 179 g/mol. The molecule has 70 valence electrons. The smallest absolute Gasteiger partial charge is 0.0850 e. The van der Waals surface area contributed by atoms with Crippen LogP contribution in [0.4, 0.5) is 0 Å². The zero-order chi connectivity index (χ0) is 9.10. The van der Waals surface area contributed by atoms with Crippen molar-refractivity contribution in [2.45, 2.75) is 25.3 Å². The van der Waals surface area contributed by atoms with Gasteiger partial charge in [0.2, 0.25) is 0 Å². The summed E-state index contributed by atoms with van der Waals surface area (Å²) in [4.78, 5) is 0. The van der Waals surface area contributed by atoms with Crippen molar-refractivity contribution in [1.82, 2.24) is 20.4 Å². The second-order valence-corrected chi connectivity index (χ2v) is 3.29. The molecule has 5 heteroatoms. The van der Waals surface area contributed by atoms with E-state index in [9.17, 15) is 0 Å². The van der Waals surface area contributed by atoms with Crippen LogP contribution in [0.15, 0.2) is 12.3 Å². The maximum atomic E-state index is 5.86. The van der Waals surface area contributed by atoms with E-state index in [1.54, 1.807) is 6.20 Å². The molecule has 0 radical (unpaired) electrons. The van der Waals surface area contributed by atoms with E-state index in [0.29, 0.717) is 0 Å². The van der Waals surface area contributed by atoms with Gasteiger partial charge in [0.15, 0.2) is 0 Å². The third-order valence-electron chi connectivity index (χ3n) is 2.41. The van der Waals surface area contributed by atoms with Gasteiger partial charge in [0.05, 0.1) is 17.9 Å². The maximum Gasteiger partial charge on any atom is 0.0850 e. The molecule has 1 atom stereocenters. The molecule has 0 saturated carbocycles. The summed E-state index contributed by atoms with van der Waals surface area (Å²) >= 11 is 0. The van der Waals surface area contributed by atoms with Crippen LogP contribution in [-0.4, -0.2) is 27.0 Å². The van der Waals surface area contributed by atoms with E-state index in [1.165, 1.54) is 12.8 Å². The minimum atomic E-state index is 0.226. The predicted molar refractivity (Wildman–Crippen MR) is 47.3 cm³/mol. The molecular weight excluding hydrogens is 166 g/mol. The molecule has 0 bridgehead atoms. The van der Waals surface area contributed by atoms with Crippen molar-refractivity contribution >= 4 is 0 Å². The molecule has 0 aliphatic carbocycles. The first kappa shape index (κ1) is 8.52. The van der Waals surface area contributed by atoms with Gasteiger partial charge in [-0.05, 0) is 24.1 Å². The van der Waals surface area contributed by atoms with Crippen LogP contribution in [0.1, 0.15) is 31.0 Å². The Labute approximate surface area is 76.9 Å². The van der Waals surface area contributed by atoms with Crippen molar-refractivity contribution in [1.29, 1.82) is 0 Å². The molecule has 1 unspecified atom stereocenters. The van der Waals surface area contributed by atoms with Crippen molar-refractivity contribution in [3.63, 3.8) is 0 Å². The fourth-order valence-electron chi connectivity index (χ4n) is 1.70. The number of aromatic nitrogens is 3. The lowest BCUT2D eigenvalue weighted by Gasteiger charge is -2.30. The van der Waals surface area contributed by atoms with Crippen molar-refractivity contribution in [2.24, 2.45) is 5.84 Å². The highest BCUT2D eigenvalue weighted by Crippen LogP contribution is 2.25. The van der Waals surface area contributed by atoms with E-state index >= 15 is 0 Å². The summed E-state index contributed by atoms with van der Waals surface area (Å²) in [6.07, 6.45) is 5.11. The van der Waals surface area contributed by atoms with Crippen molar-refractivity contribution < 1.29 is 0 Å². The van der Waals surface area contributed by atoms with E-state index < -0.39 is 0 Å². The Morgan fingerprint density at radius 3 is 3.08 bits per heavy atom. The molecule has 1 aromatic rings. The molecule has 0 spiro atoms. The van der Waals surface area contributed by atoms with Gasteiger partial charge >= 0.3 is 0 Å². The molecule has 0 aromatic carbocycles. The van der Waals surface area contributed by atoms with Gasteiger partial charge in [-0.3, -0.25) is 5.84 Å². The fraction of sp³-hybridized carbons (Fsp3) is 0.625. The molecule has 1 fully saturated rings. The van der Waals surface area contributed by atoms with Crippen molar-refractivity contribution in [3.8, 4) is 0 Å². The summed E-state index contributed by atoms with van der Waals surface area (Å²) in [5.74, 6) is 5.86. The number of hydrazine groups is 1. The number of rotatable bonds is 1. The highest BCUT2D eigenvalue weighted by Gasteiger charge is 2.22. The van der Waals surface area contributed by atoms with Crippen LogP contribution in [0.3, 0.4) is 0 Å². The van der Waals surface area contributed by atoms with Crippen LogP contribution in [0.25, 0.3) is 0 Å². The maximum absolute atomic E-state index is 5.86. The number of nitrogens with two attached hydrogens (primary N) is 1. The van der Waals surface area contributed by atoms with Crippen LogP contribution >= 0.6 is 0 Å². The quantitative estimate of drug-likeness (QED) is 0.627. The minimum Gasteiger partial charge on any atom is -0.268 e. The molecule has 13 heavy (non-hydrogen) atoms. The lowest BCUT2D eigenvalue weighted by molar-refractivity contribution is 0.147. The summed E-state index contributed by atoms with van der Waals surface area (Å²) in [7, 11) is 0. The van der Waals surface area contributed by atoms with E-state index in [0.717, 1.165) is 18.7 Å². The zero-order valence-electron chi connectivity index (χ0n) is 7.43. The molecule has 1 saturated heterocycles. The average Bonchev–Trinajstić information content (AvgIpc) is 2.20. The minimum absolute atomic E-state index is 0.226. The monoisotopic (exact) mass is 179 g/mol. The van der Waals surface area contributed by atoms with Gasteiger partial charge in [-0.1, -0.05) is 6.42 Å². The second kappa shape index (κ2) is 3.76. The van der Waals surface area contributed by atoms with Gasteiger partial charge < -0.3 is 0 Å². The van der Waals surface area contributed by atoms with Gasteiger partial charge in [0.25, 0.3) is 0 Å². The van der Waals surface area contributed by atoms with Crippen LogP contribution < -0.4 is 5.84 Å². The largest absolute Gasteiger partial charge is 0.268 e. The number of nitrogens with zero attached hydrogens (tertiary/aromatic N) is 4. The SMILES string of the molecule is NN1CCCCC1c1ccnnn1. The zero-order valence-corrected chi connectivity index (χ0v) is 7.43. The van der Waals surface area contributed by atoms with Gasteiger partial charge in [-0.15, -0.1) is 10.2 Å². The Kier molecular flexibility index (Phi) is 2.47. The van der Waals surface area contributed by atoms with E-state index in [-0.39, 0.29) is 6.04 Å².